The predicted octanol–water partition coefficient (Wildman–Crippen LogP) is 3.22. The van der Waals surface area contributed by atoms with E-state index in [2.05, 4.69) is 26.1 Å². The van der Waals surface area contributed by atoms with Crippen molar-refractivity contribution in [2.45, 2.75) is 58.3 Å². The maximum absolute atomic E-state index is 13.5. The van der Waals surface area contributed by atoms with Crippen molar-refractivity contribution in [3.05, 3.63) is 35.6 Å². The molecule has 4 heteroatoms. The quantitative estimate of drug-likeness (QED) is 0.923. The number of nitrogens with one attached hydrogen (secondary N) is 1. The maximum atomic E-state index is 13.5. The molecule has 0 aromatic heterocycles. The van der Waals surface area contributed by atoms with Gasteiger partial charge in [0.2, 0.25) is 5.91 Å². The van der Waals surface area contributed by atoms with E-state index in [0.29, 0.717) is 0 Å². The molecule has 1 aromatic rings. The topological polar surface area (TPSA) is 32.3 Å². The van der Waals surface area contributed by atoms with Crippen LogP contribution in [0.5, 0.6) is 0 Å². The summed E-state index contributed by atoms with van der Waals surface area (Å²) in [5.74, 6) is -0.0858. The van der Waals surface area contributed by atoms with Gasteiger partial charge in [-0.3, -0.25) is 10.1 Å². The number of carbonyl (C=O) groups excluding carboxylic acids is 1. The molecule has 114 valence electrons. The monoisotopic (exact) mass is 290 g/mol. The Hall–Kier alpha value is -1.42. The Kier molecular flexibility index (Phi) is 3.52. The van der Waals surface area contributed by atoms with Crippen LogP contribution in [0.1, 0.15) is 51.8 Å². The summed E-state index contributed by atoms with van der Waals surface area (Å²) in [6, 6.07) is 6.69. The molecule has 21 heavy (non-hydrogen) atoms. The molecule has 3 rings (SSSR count). The molecule has 1 amide bonds. The van der Waals surface area contributed by atoms with E-state index in [-0.39, 0.29) is 35.4 Å². The molecular formula is C17H23FN2O. The Bertz CT molecular complexity index is 557. The summed E-state index contributed by atoms with van der Waals surface area (Å²) in [5, 5.41) is 3.40. The van der Waals surface area contributed by atoms with E-state index in [1.54, 1.807) is 6.07 Å². The number of amides is 1. The van der Waals surface area contributed by atoms with E-state index >= 15 is 0 Å². The van der Waals surface area contributed by atoms with Gasteiger partial charge in [-0.15, -0.1) is 0 Å². The van der Waals surface area contributed by atoms with Crippen LogP contribution in [-0.2, 0) is 4.79 Å². The molecule has 3 unspecified atom stereocenters. The lowest BCUT2D eigenvalue weighted by Gasteiger charge is -2.26. The number of carbonyl (C=O) groups is 1. The van der Waals surface area contributed by atoms with Gasteiger partial charge in [-0.05, 0) is 36.0 Å². The first-order chi connectivity index (χ1) is 9.94. The normalized spacial score (nSPS) is 30.8. The molecule has 0 spiro atoms. The molecule has 0 radical (unpaired) electrons. The molecule has 1 saturated heterocycles. The second-order valence-corrected chi connectivity index (χ2v) is 6.92. The van der Waals surface area contributed by atoms with Crippen molar-refractivity contribution in [1.29, 1.82) is 0 Å². The molecule has 2 aliphatic rings. The highest BCUT2D eigenvalue weighted by atomic mass is 19.1. The van der Waals surface area contributed by atoms with E-state index < -0.39 is 0 Å². The zero-order valence-corrected chi connectivity index (χ0v) is 12.9. The van der Waals surface area contributed by atoms with Gasteiger partial charge in [-0.1, -0.05) is 39.3 Å². The summed E-state index contributed by atoms with van der Waals surface area (Å²) in [4.78, 5) is 14.7. The lowest BCUT2D eigenvalue weighted by Crippen LogP contribution is -2.35. The SMILES string of the molecule is CCCC1NC(c2cccc(F)c2)N(C2CC2(C)C)C1=O. The number of nitrogens with zero attached hydrogens (tertiary/aromatic N) is 1. The number of halogens is 1. The highest BCUT2D eigenvalue weighted by Gasteiger charge is 2.56. The molecule has 1 aromatic carbocycles. The van der Waals surface area contributed by atoms with Gasteiger partial charge >= 0.3 is 0 Å². The average molecular weight is 290 g/mol. The Labute approximate surface area is 125 Å². The summed E-state index contributed by atoms with van der Waals surface area (Å²) < 4.78 is 13.5. The van der Waals surface area contributed by atoms with Gasteiger partial charge in [0.1, 0.15) is 12.0 Å². The van der Waals surface area contributed by atoms with E-state index in [4.69, 9.17) is 0 Å². The molecule has 3 atom stereocenters. The Balaban J connectivity index is 1.91. The van der Waals surface area contributed by atoms with E-state index in [1.165, 1.54) is 12.1 Å². The van der Waals surface area contributed by atoms with Crippen molar-refractivity contribution in [2.24, 2.45) is 5.41 Å². The zero-order valence-electron chi connectivity index (χ0n) is 12.9. The smallest absolute Gasteiger partial charge is 0.241 e. The fourth-order valence-electron chi connectivity index (χ4n) is 3.33. The third-order valence-electron chi connectivity index (χ3n) is 4.73. The maximum Gasteiger partial charge on any atom is 0.241 e. The summed E-state index contributed by atoms with van der Waals surface area (Å²) in [6.45, 7) is 6.44. The van der Waals surface area contributed by atoms with Gasteiger partial charge in [-0.25, -0.2) is 4.39 Å². The lowest BCUT2D eigenvalue weighted by atomic mass is 10.1. The Morgan fingerprint density at radius 2 is 2.14 bits per heavy atom. The minimum absolute atomic E-state index is 0.139. The van der Waals surface area contributed by atoms with Crippen molar-refractivity contribution >= 4 is 5.91 Å². The minimum atomic E-state index is -0.254. The third-order valence-corrected chi connectivity index (χ3v) is 4.73. The summed E-state index contributed by atoms with van der Waals surface area (Å²) in [6.07, 6.45) is 2.61. The predicted molar refractivity (Wildman–Crippen MR) is 80.0 cm³/mol. The van der Waals surface area contributed by atoms with Crippen LogP contribution in [0.2, 0.25) is 0 Å². The van der Waals surface area contributed by atoms with E-state index in [9.17, 15) is 9.18 Å². The molecule has 1 aliphatic heterocycles. The first-order valence-corrected chi connectivity index (χ1v) is 7.78. The van der Waals surface area contributed by atoms with Crippen molar-refractivity contribution in [3.63, 3.8) is 0 Å². The fraction of sp³-hybridized carbons (Fsp3) is 0.588. The van der Waals surface area contributed by atoms with Crippen LogP contribution in [0.15, 0.2) is 24.3 Å². The summed E-state index contributed by atoms with van der Waals surface area (Å²) in [7, 11) is 0. The summed E-state index contributed by atoms with van der Waals surface area (Å²) >= 11 is 0. The van der Waals surface area contributed by atoms with Crippen molar-refractivity contribution < 1.29 is 9.18 Å². The van der Waals surface area contributed by atoms with Crippen LogP contribution in [0.4, 0.5) is 4.39 Å². The number of hydrogen-bond acceptors (Lipinski definition) is 2. The van der Waals surface area contributed by atoms with Gasteiger partial charge in [0, 0.05) is 6.04 Å². The average Bonchev–Trinajstić information content (AvgIpc) is 2.92. The van der Waals surface area contributed by atoms with Crippen molar-refractivity contribution in [1.82, 2.24) is 10.2 Å². The van der Waals surface area contributed by atoms with Gasteiger partial charge in [0.05, 0.1) is 6.04 Å². The number of rotatable bonds is 4. The van der Waals surface area contributed by atoms with Crippen LogP contribution < -0.4 is 5.32 Å². The molecule has 2 fully saturated rings. The zero-order chi connectivity index (χ0) is 15.2. The number of hydrogen-bond donors (Lipinski definition) is 1. The number of benzene rings is 1. The van der Waals surface area contributed by atoms with E-state index in [1.807, 2.05) is 11.0 Å². The highest BCUT2D eigenvalue weighted by Crippen LogP contribution is 2.52. The summed E-state index contributed by atoms with van der Waals surface area (Å²) in [5.41, 5.74) is 1.01. The molecule has 1 N–H and O–H groups in total. The highest BCUT2D eigenvalue weighted by molar-refractivity contribution is 5.85. The molecule has 1 saturated carbocycles. The van der Waals surface area contributed by atoms with Crippen molar-refractivity contribution in [2.75, 3.05) is 0 Å². The fourth-order valence-corrected chi connectivity index (χ4v) is 3.33. The van der Waals surface area contributed by atoms with Crippen LogP contribution in [-0.4, -0.2) is 22.9 Å². The first kappa shape index (κ1) is 14.5. The third kappa shape index (κ3) is 2.57. The van der Waals surface area contributed by atoms with Crippen LogP contribution in [0.25, 0.3) is 0 Å². The van der Waals surface area contributed by atoms with Crippen molar-refractivity contribution in [3.8, 4) is 0 Å². The largest absolute Gasteiger partial charge is 0.318 e. The molecule has 0 bridgehead atoms. The molecule has 1 aliphatic carbocycles. The van der Waals surface area contributed by atoms with Gasteiger partial charge in [-0.2, -0.15) is 0 Å². The van der Waals surface area contributed by atoms with Crippen LogP contribution in [0.3, 0.4) is 0 Å². The van der Waals surface area contributed by atoms with Gasteiger partial charge in [0.15, 0.2) is 0 Å². The second-order valence-electron chi connectivity index (χ2n) is 6.92. The second kappa shape index (κ2) is 5.09. The Morgan fingerprint density at radius 1 is 1.43 bits per heavy atom. The standard InChI is InChI=1S/C17H23FN2O/c1-4-6-13-16(21)20(14-10-17(14,2)3)15(19-13)11-7-5-8-12(18)9-11/h5,7-9,13-15,19H,4,6,10H2,1-3H3. The molecule has 1 heterocycles. The minimum Gasteiger partial charge on any atom is -0.318 e. The molecule has 3 nitrogen and oxygen atoms in total. The van der Waals surface area contributed by atoms with Crippen LogP contribution in [0, 0.1) is 11.2 Å². The first-order valence-electron chi connectivity index (χ1n) is 7.78. The Morgan fingerprint density at radius 3 is 2.71 bits per heavy atom. The van der Waals surface area contributed by atoms with Crippen LogP contribution >= 0.6 is 0 Å². The van der Waals surface area contributed by atoms with E-state index in [0.717, 1.165) is 24.8 Å². The van der Waals surface area contributed by atoms with Gasteiger partial charge < -0.3 is 4.90 Å². The molecular weight excluding hydrogens is 267 g/mol. The lowest BCUT2D eigenvalue weighted by molar-refractivity contribution is -0.131. The van der Waals surface area contributed by atoms with Gasteiger partial charge in [0.25, 0.3) is 0 Å².